The van der Waals surface area contributed by atoms with Crippen LogP contribution in [0, 0.1) is 13.8 Å². The van der Waals surface area contributed by atoms with Crippen LogP contribution in [0.1, 0.15) is 65.0 Å². The third-order valence-corrected chi connectivity index (χ3v) is 5.53. The number of amides is 1. The highest BCUT2D eigenvalue weighted by Gasteiger charge is 2.21. The van der Waals surface area contributed by atoms with Crippen LogP contribution in [0.2, 0.25) is 0 Å². The first-order valence-corrected chi connectivity index (χ1v) is 9.80. The first kappa shape index (κ1) is 20.2. The molecule has 1 N–H and O–H groups in total. The minimum absolute atomic E-state index is 0.0928. The molecule has 0 saturated carbocycles. The van der Waals surface area contributed by atoms with Gasteiger partial charge in [-0.1, -0.05) is 38.1 Å². The molecule has 5 heteroatoms. The molecule has 0 aliphatic rings. The van der Waals surface area contributed by atoms with E-state index < -0.39 is 0 Å². The number of esters is 1. The summed E-state index contributed by atoms with van der Waals surface area (Å²) in [5.41, 5.74) is 3.77. The number of ether oxygens (including phenoxy) is 1. The zero-order valence-electron chi connectivity index (χ0n) is 16.1. The number of carbonyl (C=O) groups is 2. The van der Waals surface area contributed by atoms with Crippen molar-refractivity contribution >= 4 is 28.2 Å². The van der Waals surface area contributed by atoms with Gasteiger partial charge in [-0.3, -0.25) is 4.79 Å². The van der Waals surface area contributed by atoms with Crippen LogP contribution in [0.5, 0.6) is 0 Å². The van der Waals surface area contributed by atoms with Gasteiger partial charge in [0.2, 0.25) is 5.91 Å². The highest BCUT2D eigenvalue weighted by Crippen LogP contribution is 2.33. The maximum atomic E-state index is 12.4. The lowest BCUT2D eigenvalue weighted by Gasteiger charge is -2.08. The Bertz CT molecular complexity index is 775. The van der Waals surface area contributed by atoms with Crippen molar-refractivity contribution in [2.75, 3.05) is 11.9 Å². The van der Waals surface area contributed by atoms with E-state index in [4.69, 9.17) is 4.74 Å². The van der Waals surface area contributed by atoms with Gasteiger partial charge in [-0.15, -0.1) is 11.3 Å². The normalized spacial score (nSPS) is 10.8. The van der Waals surface area contributed by atoms with Gasteiger partial charge in [-0.2, -0.15) is 0 Å². The zero-order chi connectivity index (χ0) is 19.3. The molecule has 1 aromatic heterocycles. The Morgan fingerprint density at radius 1 is 1.15 bits per heavy atom. The Hall–Kier alpha value is -2.14. The third-order valence-electron chi connectivity index (χ3n) is 4.40. The predicted molar refractivity (Wildman–Crippen MR) is 107 cm³/mol. The van der Waals surface area contributed by atoms with E-state index in [2.05, 4.69) is 43.4 Å². The smallest absolute Gasteiger partial charge is 0.341 e. The first-order valence-electron chi connectivity index (χ1n) is 8.99. The van der Waals surface area contributed by atoms with Crippen molar-refractivity contribution in [3.05, 3.63) is 51.4 Å². The lowest BCUT2D eigenvalue weighted by Crippen LogP contribution is -2.15. The van der Waals surface area contributed by atoms with E-state index >= 15 is 0 Å². The van der Waals surface area contributed by atoms with E-state index in [1.807, 2.05) is 13.8 Å². The summed E-state index contributed by atoms with van der Waals surface area (Å²) in [6.07, 6.45) is 1.04. The topological polar surface area (TPSA) is 55.4 Å². The van der Waals surface area contributed by atoms with Crippen molar-refractivity contribution < 1.29 is 14.3 Å². The highest BCUT2D eigenvalue weighted by atomic mass is 32.1. The number of hydrogen-bond donors (Lipinski definition) is 1. The summed E-state index contributed by atoms with van der Waals surface area (Å²) < 4.78 is 5.12. The van der Waals surface area contributed by atoms with Gasteiger partial charge in [0.1, 0.15) is 5.00 Å². The fourth-order valence-electron chi connectivity index (χ4n) is 2.68. The first-order chi connectivity index (χ1) is 12.3. The molecule has 0 aliphatic heterocycles. The van der Waals surface area contributed by atoms with E-state index in [0.29, 0.717) is 35.9 Å². The summed E-state index contributed by atoms with van der Waals surface area (Å²) in [6, 6.07) is 8.38. The summed E-state index contributed by atoms with van der Waals surface area (Å²) in [4.78, 5) is 25.5. The molecule has 0 atom stereocenters. The standard InChI is InChI=1S/C21H27NO3S/c1-6-25-21(24)19-14(4)15(5)26-20(19)22-18(23)12-9-16-7-10-17(11-8-16)13(2)3/h7-8,10-11,13H,6,9,12H2,1-5H3,(H,22,23). The molecule has 0 bridgehead atoms. The van der Waals surface area contributed by atoms with Gasteiger partial charge >= 0.3 is 5.97 Å². The number of nitrogens with one attached hydrogen (secondary N) is 1. The van der Waals surface area contributed by atoms with E-state index in [-0.39, 0.29) is 11.9 Å². The van der Waals surface area contributed by atoms with Gasteiger partial charge in [0.15, 0.2) is 0 Å². The predicted octanol–water partition coefficient (Wildman–Crippen LogP) is 5.24. The molecule has 2 rings (SSSR count). The Morgan fingerprint density at radius 3 is 2.38 bits per heavy atom. The molecule has 0 unspecified atom stereocenters. The summed E-state index contributed by atoms with van der Waals surface area (Å²) in [7, 11) is 0. The van der Waals surface area contributed by atoms with Crippen LogP contribution < -0.4 is 5.32 Å². The van der Waals surface area contributed by atoms with Crippen molar-refractivity contribution in [3.63, 3.8) is 0 Å². The Kier molecular flexibility index (Phi) is 6.98. The number of rotatable bonds is 7. The second-order valence-corrected chi connectivity index (χ2v) is 7.88. The molecule has 1 amide bonds. The van der Waals surface area contributed by atoms with E-state index in [1.54, 1.807) is 6.92 Å². The summed E-state index contributed by atoms with van der Waals surface area (Å²) in [5, 5.41) is 3.47. The van der Waals surface area contributed by atoms with Crippen LogP contribution in [-0.2, 0) is 16.0 Å². The average molecular weight is 374 g/mol. The van der Waals surface area contributed by atoms with E-state index in [1.165, 1.54) is 16.9 Å². The fourth-order valence-corrected chi connectivity index (χ4v) is 3.74. The molecule has 0 fully saturated rings. The number of benzene rings is 1. The largest absolute Gasteiger partial charge is 0.462 e. The van der Waals surface area contributed by atoms with Crippen molar-refractivity contribution in [2.45, 2.75) is 53.4 Å². The van der Waals surface area contributed by atoms with Crippen LogP contribution in [-0.4, -0.2) is 18.5 Å². The van der Waals surface area contributed by atoms with Gasteiger partial charge in [-0.05, 0) is 49.8 Å². The van der Waals surface area contributed by atoms with Crippen molar-refractivity contribution in [1.82, 2.24) is 0 Å². The minimum Gasteiger partial charge on any atom is -0.462 e. The lowest BCUT2D eigenvalue weighted by molar-refractivity contribution is -0.116. The quantitative estimate of drug-likeness (QED) is 0.676. The number of thiophene rings is 1. The van der Waals surface area contributed by atoms with E-state index in [9.17, 15) is 9.59 Å². The average Bonchev–Trinajstić information content (AvgIpc) is 2.87. The summed E-state index contributed by atoms with van der Waals surface area (Å²) in [6.45, 7) is 10.2. The molecule has 1 aromatic carbocycles. The Balaban J connectivity index is 2.01. The van der Waals surface area contributed by atoms with Crippen LogP contribution in [0.3, 0.4) is 0 Å². The van der Waals surface area contributed by atoms with Crippen LogP contribution >= 0.6 is 11.3 Å². The molecule has 26 heavy (non-hydrogen) atoms. The Morgan fingerprint density at radius 2 is 1.81 bits per heavy atom. The van der Waals surface area contributed by atoms with Gasteiger partial charge in [0, 0.05) is 11.3 Å². The molecular weight excluding hydrogens is 346 g/mol. The molecule has 0 spiro atoms. The second-order valence-electron chi connectivity index (χ2n) is 6.65. The van der Waals surface area contributed by atoms with Crippen molar-refractivity contribution in [2.24, 2.45) is 0 Å². The van der Waals surface area contributed by atoms with Gasteiger partial charge < -0.3 is 10.1 Å². The summed E-state index contributed by atoms with van der Waals surface area (Å²) >= 11 is 1.42. The molecule has 4 nitrogen and oxygen atoms in total. The second kappa shape index (κ2) is 8.99. The van der Waals surface area contributed by atoms with Crippen LogP contribution in [0.4, 0.5) is 5.00 Å². The lowest BCUT2D eigenvalue weighted by atomic mass is 10.0. The molecule has 0 aliphatic carbocycles. The zero-order valence-corrected chi connectivity index (χ0v) is 17.0. The fraction of sp³-hybridized carbons (Fsp3) is 0.429. The maximum absolute atomic E-state index is 12.4. The number of anilines is 1. The molecular formula is C21H27NO3S. The SMILES string of the molecule is CCOC(=O)c1c(NC(=O)CCc2ccc(C(C)C)cc2)sc(C)c1C. The van der Waals surface area contributed by atoms with Gasteiger partial charge in [0.05, 0.1) is 12.2 Å². The molecule has 2 aromatic rings. The number of carbonyl (C=O) groups excluding carboxylic acids is 2. The minimum atomic E-state index is -0.381. The highest BCUT2D eigenvalue weighted by molar-refractivity contribution is 7.16. The molecule has 0 radical (unpaired) electrons. The summed E-state index contributed by atoms with van der Waals surface area (Å²) in [5.74, 6) is 0.0256. The molecule has 1 heterocycles. The number of hydrogen-bond acceptors (Lipinski definition) is 4. The number of aryl methyl sites for hydroxylation is 2. The van der Waals surface area contributed by atoms with E-state index in [0.717, 1.165) is 16.0 Å². The van der Waals surface area contributed by atoms with Crippen molar-refractivity contribution in [1.29, 1.82) is 0 Å². The van der Waals surface area contributed by atoms with Gasteiger partial charge in [0.25, 0.3) is 0 Å². The molecule has 0 saturated heterocycles. The maximum Gasteiger partial charge on any atom is 0.341 e. The van der Waals surface area contributed by atoms with Crippen LogP contribution in [0.25, 0.3) is 0 Å². The van der Waals surface area contributed by atoms with Crippen molar-refractivity contribution in [3.8, 4) is 0 Å². The van der Waals surface area contributed by atoms with Gasteiger partial charge in [-0.25, -0.2) is 4.79 Å². The van der Waals surface area contributed by atoms with Crippen LogP contribution in [0.15, 0.2) is 24.3 Å². The third kappa shape index (κ3) is 4.94. The Labute approximate surface area is 159 Å². The molecule has 140 valence electrons. The monoisotopic (exact) mass is 373 g/mol.